The minimum atomic E-state index is -0.479. The minimum absolute atomic E-state index is 0.0529. The van der Waals surface area contributed by atoms with Crippen molar-refractivity contribution in [1.82, 2.24) is 14.7 Å². The summed E-state index contributed by atoms with van der Waals surface area (Å²) >= 11 is 0. The number of nitrogens with zero attached hydrogens (tertiary/aromatic N) is 3. The fourth-order valence-corrected chi connectivity index (χ4v) is 5.34. The number of hydrogen-bond donors (Lipinski definition) is 0. The highest BCUT2D eigenvalue weighted by Gasteiger charge is 2.48. The van der Waals surface area contributed by atoms with E-state index in [1.807, 2.05) is 28.0 Å². The molecule has 2 aromatic rings. The van der Waals surface area contributed by atoms with Crippen LogP contribution in [-0.2, 0) is 11.2 Å². The van der Waals surface area contributed by atoms with Gasteiger partial charge in [-0.15, -0.1) is 0 Å². The highest BCUT2D eigenvalue weighted by Crippen LogP contribution is 2.49. The molecule has 168 valence electrons. The van der Waals surface area contributed by atoms with Crippen LogP contribution in [-0.4, -0.2) is 80.5 Å². The lowest BCUT2D eigenvalue weighted by molar-refractivity contribution is -0.136. The van der Waals surface area contributed by atoms with E-state index in [0.29, 0.717) is 36.7 Å². The summed E-state index contributed by atoms with van der Waals surface area (Å²) in [6.07, 6.45) is 0.788. The second-order valence-electron chi connectivity index (χ2n) is 8.79. The van der Waals surface area contributed by atoms with Gasteiger partial charge in [-0.25, -0.2) is 0 Å². The summed E-state index contributed by atoms with van der Waals surface area (Å²) in [5, 5.41) is 0. The normalized spacial score (nSPS) is 22.7. The van der Waals surface area contributed by atoms with Crippen molar-refractivity contribution in [3.05, 3.63) is 58.7 Å². The molecule has 2 aromatic carbocycles. The Morgan fingerprint density at radius 3 is 2.34 bits per heavy atom. The van der Waals surface area contributed by atoms with Gasteiger partial charge in [0.05, 0.1) is 26.2 Å². The molecule has 2 amide bonds. The van der Waals surface area contributed by atoms with Crippen molar-refractivity contribution in [3.63, 3.8) is 0 Å². The van der Waals surface area contributed by atoms with E-state index >= 15 is 0 Å². The number of rotatable bonds is 3. The van der Waals surface area contributed by atoms with Crippen molar-refractivity contribution in [2.75, 3.05) is 54.0 Å². The van der Waals surface area contributed by atoms with Crippen LogP contribution < -0.4 is 9.47 Å². The van der Waals surface area contributed by atoms with Crippen molar-refractivity contribution < 1.29 is 19.1 Å². The van der Waals surface area contributed by atoms with Gasteiger partial charge in [0.1, 0.15) is 0 Å². The van der Waals surface area contributed by atoms with Crippen LogP contribution in [0.1, 0.15) is 39.0 Å². The van der Waals surface area contributed by atoms with E-state index in [1.54, 1.807) is 20.3 Å². The van der Waals surface area contributed by atoms with Gasteiger partial charge in [-0.2, -0.15) is 0 Å². The number of piperazine rings is 1. The summed E-state index contributed by atoms with van der Waals surface area (Å²) in [4.78, 5) is 33.7. The topological polar surface area (TPSA) is 62.3 Å². The van der Waals surface area contributed by atoms with E-state index in [2.05, 4.69) is 24.1 Å². The Morgan fingerprint density at radius 1 is 0.938 bits per heavy atom. The molecule has 3 aliphatic heterocycles. The quantitative estimate of drug-likeness (QED) is 0.741. The van der Waals surface area contributed by atoms with Crippen LogP contribution in [0.3, 0.4) is 0 Å². The SMILES string of the molecule is COc1cc2c(cc1OC)C(C(=O)N1CCN(C)CC1)C1c3ccccc3CCN1C2=O. The van der Waals surface area contributed by atoms with Gasteiger partial charge < -0.3 is 24.2 Å². The molecule has 0 aliphatic carbocycles. The Morgan fingerprint density at radius 2 is 1.62 bits per heavy atom. The smallest absolute Gasteiger partial charge is 0.254 e. The third kappa shape index (κ3) is 3.23. The molecule has 0 radical (unpaired) electrons. The number of ether oxygens (including phenoxy) is 2. The van der Waals surface area contributed by atoms with Gasteiger partial charge in [0.25, 0.3) is 5.91 Å². The highest BCUT2D eigenvalue weighted by molar-refractivity contribution is 6.02. The van der Waals surface area contributed by atoms with Crippen LogP contribution in [0.25, 0.3) is 0 Å². The zero-order chi connectivity index (χ0) is 22.4. The molecule has 0 bridgehead atoms. The van der Waals surface area contributed by atoms with Crippen molar-refractivity contribution >= 4 is 11.8 Å². The van der Waals surface area contributed by atoms with E-state index in [-0.39, 0.29) is 17.9 Å². The first-order valence-corrected chi connectivity index (χ1v) is 11.2. The molecule has 3 heterocycles. The molecular weight excluding hydrogens is 406 g/mol. The number of fused-ring (bicyclic) bond motifs is 4. The lowest BCUT2D eigenvalue weighted by atomic mass is 9.75. The largest absolute Gasteiger partial charge is 0.493 e. The molecular formula is C25H29N3O4. The molecule has 0 aromatic heterocycles. The van der Waals surface area contributed by atoms with Gasteiger partial charge in [0.15, 0.2) is 11.5 Å². The van der Waals surface area contributed by atoms with E-state index in [1.165, 1.54) is 5.56 Å². The van der Waals surface area contributed by atoms with Crippen LogP contribution >= 0.6 is 0 Å². The second kappa shape index (κ2) is 8.13. The predicted octanol–water partition coefficient (Wildman–Crippen LogP) is 2.31. The summed E-state index contributed by atoms with van der Waals surface area (Å²) in [6.45, 7) is 3.68. The number of likely N-dealkylation sites (N-methyl/N-ethyl adjacent to an activating group) is 1. The summed E-state index contributed by atoms with van der Waals surface area (Å²) in [5.74, 6) is 0.579. The minimum Gasteiger partial charge on any atom is -0.493 e. The summed E-state index contributed by atoms with van der Waals surface area (Å²) < 4.78 is 11.0. The summed E-state index contributed by atoms with van der Waals surface area (Å²) in [5.41, 5.74) is 3.54. The van der Waals surface area contributed by atoms with Gasteiger partial charge in [0, 0.05) is 38.3 Å². The number of hydrogen-bond acceptors (Lipinski definition) is 5. The maximum atomic E-state index is 14.0. The number of carbonyl (C=O) groups is 2. The predicted molar refractivity (Wildman–Crippen MR) is 120 cm³/mol. The second-order valence-corrected chi connectivity index (χ2v) is 8.79. The Kier molecular flexibility index (Phi) is 5.29. The standard InChI is InChI=1S/C25H29N3O4/c1-26-10-12-27(13-11-26)25(30)22-18-14-20(31-2)21(32-3)15-19(18)24(29)28-9-8-16-6-4-5-7-17(16)23(22)28/h4-7,14-15,22-23H,8-13H2,1-3H3. The van der Waals surface area contributed by atoms with Gasteiger partial charge in [-0.3, -0.25) is 9.59 Å². The molecule has 7 heteroatoms. The van der Waals surface area contributed by atoms with Gasteiger partial charge >= 0.3 is 0 Å². The van der Waals surface area contributed by atoms with Crippen molar-refractivity contribution in [2.24, 2.45) is 0 Å². The van der Waals surface area contributed by atoms with Gasteiger partial charge in [-0.05, 0) is 42.3 Å². The zero-order valence-electron chi connectivity index (χ0n) is 18.8. The first-order valence-electron chi connectivity index (χ1n) is 11.2. The number of methoxy groups -OCH3 is 2. The number of amides is 2. The highest BCUT2D eigenvalue weighted by atomic mass is 16.5. The monoisotopic (exact) mass is 435 g/mol. The van der Waals surface area contributed by atoms with E-state index in [0.717, 1.165) is 30.6 Å². The molecule has 1 fully saturated rings. The van der Waals surface area contributed by atoms with Crippen LogP contribution in [0.2, 0.25) is 0 Å². The van der Waals surface area contributed by atoms with Crippen molar-refractivity contribution in [1.29, 1.82) is 0 Å². The molecule has 1 saturated heterocycles. The lowest BCUT2D eigenvalue weighted by Gasteiger charge is -2.47. The average Bonchev–Trinajstić information content (AvgIpc) is 2.83. The molecule has 7 nitrogen and oxygen atoms in total. The molecule has 32 heavy (non-hydrogen) atoms. The van der Waals surface area contributed by atoms with Crippen LogP contribution in [0.15, 0.2) is 36.4 Å². The third-order valence-electron chi connectivity index (χ3n) is 7.11. The summed E-state index contributed by atoms with van der Waals surface area (Å²) in [6, 6.07) is 11.4. The van der Waals surface area contributed by atoms with Gasteiger partial charge in [-0.1, -0.05) is 24.3 Å². The Hall–Kier alpha value is -3.06. The van der Waals surface area contributed by atoms with Crippen LogP contribution in [0, 0.1) is 0 Å². The van der Waals surface area contributed by atoms with Crippen molar-refractivity contribution in [3.8, 4) is 11.5 Å². The van der Waals surface area contributed by atoms with Crippen LogP contribution in [0.5, 0.6) is 11.5 Å². The fraction of sp³-hybridized carbons (Fsp3) is 0.440. The molecule has 2 unspecified atom stereocenters. The molecule has 3 aliphatic rings. The third-order valence-corrected chi connectivity index (χ3v) is 7.11. The zero-order valence-corrected chi connectivity index (χ0v) is 18.8. The Bertz CT molecular complexity index is 1060. The first kappa shape index (κ1) is 20.8. The number of carbonyl (C=O) groups excluding carboxylic acids is 2. The van der Waals surface area contributed by atoms with E-state index in [9.17, 15) is 9.59 Å². The summed E-state index contributed by atoms with van der Waals surface area (Å²) in [7, 11) is 5.21. The molecule has 5 rings (SSSR count). The fourth-order valence-electron chi connectivity index (χ4n) is 5.34. The molecule has 0 N–H and O–H groups in total. The number of benzene rings is 2. The maximum Gasteiger partial charge on any atom is 0.254 e. The lowest BCUT2D eigenvalue weighted by Crippen LogP contribution is -2.54. The first-order chi connectivity index (χ1) is 15.5. The molecule has 0 saturated carbocycles. The maximum absolute atomic E-state index is 14.0. The van der Waals surface area contributed by atoms with E-state index < -0.39 is 5.92 Å². The Balaban J connectivity index is 1.68. The van der Waals surface area contributed by atoms with Crippen molar-refractivity contribution in [2.45, 2.75) is 18.4 Å². The van der Waals surface area contributed by atoms with E-state index in [4.69, 9.17) is 9.47 Å². The average molecular weight is 436 g/mol. The van der Waals surface area contributed by atoms with Gasteiger partial charge in [0.2, 0.25) is 5.91 Å². The van der Waals surface area contributed by atoms with Crippen LogP contribution in [0.4, 0.5) is 0 Å². The molecule has 0 spiro atoms. The molecule has 2 atom stereocenters. The Labute approximate surface area is 188 Å².